The molecule has 0 bridgehead atoms. The highest BCUT2D eigenvalue weighted by Gasteiger charge is 2.13. The molecule has 0 aliphatic carbocycles. The van der Waals surface area contributed by atoms with Crippen LogP contribution in [0, 0.1) is 5.82 Å². The molecule has 0 radical (unpaired) electrons. The molecule has 1 heterocycles. The Labute approximate surface area is 127 Å². The Morgan fingerprint density at radius 3 is 3.00 bits per heavy atom. The van der Waals surface area contributed by atoms with E-state index in [1.807, 2.05) is 18.4 Å². The second-order valence-electron chi connectivity index (χ2n) is 4.97. The fraction of sp³-hybridized carbons (Fsp3) is 0.333. The van der Waals surface area contributed by atoms with Gasteiger partial charge in [0.25, 0.3) is 0 Å². The third-order valence-electron chi connectivity index (χ3n) is 3.00. The maximum absolute atomic E-state index is 13.1. The van der Waals surface area contributed by atoms with Crippen LogP contribution in [0.25, 0.3) is 0 Å². The summed E-state index contributed by atoms with van der Waals surface area (Å²) in [5.41, 5.74) is 0.866. The highest BCUT2D eigenvalue weighted by atomic mass is 32.1. The molecule has 2 aromatic rings. The number of urea groups is 1. The van der Waals surface area contributed by atoms with Crippen LogP contribution in [-0.2, 0) is 13.0 Å². The molecular formula is C15H18FN3OS. The number of nitrogens with one attached hydrogen (secondary N) is 1. The lowest BCUT2D eigenvalue weighted by molar-refractivity contribution is 0.203. The highest BCUT2D eigenvalue weighted by molar-refractivity contribution is 7.09. The molecule has 2 amide bonds. The summed E-state index contributed by atoms with van der Waals surface area (Å²) in [6.45, 7) is 2.39. The van der Waals surface area contributed by atoms with Gasteiger partial charge >= 0.3 is 6.03 Å². The molecule has 112 valence electrons. The van der Waals surface area contributed by atoms with Crippen LogP contribution in [0.3, 0.4) is 0 Å². The molecule has 0 unspecified atom stereocenters. The summed E-state index contributed by atoms with van der Waals surface area (Å²) in [6, 6.07) is 6.20. The minimum absolute atomic E-state index is 0.0713. The van der Waals surface area contributed by atoms with Crippen molar-refractivity contribution in [2.24, 2.45) is 0 Å². The summed E-state index contributed by atoms with van der Waals surface area (Å²) in [7, 11) is 1.73. The van der Waals surface area contributed by atoms with Crippen LogP contribution >= 0.6 is 11.3 Å². The summed E-state index contributed by atoms with van der Waals surface area (Å²) in [4.78, 5) is 17.8. The smallest absolute Gasteiger partial charge is 0.317 e. The van der Waals surface area contributed by atoms with E-state index in [1.165, 1.54) is 23.5 Å². The molecule has 21 heavy (non-hydrogen) atoms. The first-order valence-electron chi connectivity index (χ1n) is 6.69. The van der Waals surface area contributed by atoms with Gasteiger partial charge in [-0.2, -0.15) is 0 Å². The van der Waals surface area contributed by atoms with E-state index < -0.39 is 0 Å². The lowest BCUT2D eigenvalue weighted by Crippen LogP contribution is -2.42. The fourth-order valence-electron chi connectivity index (χ4n) is 2.00. The molecule has 0 aliphatic heterocycles. The van der Waals surface area contributed by atoms with Crippen LogP contribution in [0.4, 0.5) is 9.18 Å². The van der Waals surface area contributed by atoms with Crippen LogP contribution in [0.1, 0.15) is 17.5 Å². The van der Waals surface area contributed by atoms with E-state index in [0.29, 0.717) is 13.0 Å². The second-order valence-corrected chi connectivity index (χ2v) is 5.95. The molecule has 1 aromatic heterocycles. The first-order chi connectivity index (χ1) is 10.0. The number of aromatic nitrogens is 1. The molecule has 6 heteroatoms. The van der Waals surface area contributed by atoms with Crippen molar-refractivity contribution in [2.45, 2.75) is 25.9 Å². The molecule has 0 fully saturated rings. The number of amides is 2. The van der Waals surface area contributed by atoms with Gasteiger partial charge < -0.3 is 10.2 Å². The summed E-state index contributed by atoms with van der Waals surface area (Å²) in [5, 5.41) is 5.68. The van der Waals surface area contributed by atoms with E-state index in [0.717, 1.165) is 10.6 Å². The molecule has 2 rings (SSSR count). The van der Waals surface area contributed by atoms with Gasteiger partial charge in [-0.25, -0.2) is 14.2 Å². The number of nitrogens with zero attached hydrogens (tertiary/aromatic N) is 2. The Morgan fingerprint density at radius 2 is 2.33 bits per heavy atom. The predicted octanol–water partition coefficient (Wildman–Crippen LogP) is 3.05. The average Bonchev–Trinajstić information content (AvgIpc) is 2.91. The molecule has 4 nitrogen and oxygen atoms in total. The van der Waals surface area contributed by atoms with E-state index in [4.69, 9.17) is 0 Å². The summed E-state index contributed by atoms with van der Waals surface area (Å²) in [6.07, 6.45) is 2.31. The zero-order chi connectivity index (χ0) is 15.2. The zero-order valence-corrected chi connectivity index (χ0v) is 12.9. The lowest BCUT2D eigenvalue weighted by Gasteiger charge is -2.20. The summed E-state index contributed by atoms with van der Waals surface area (Å²) >= 11 is 1.52. The molecule has 0 saturated carbocycles. The van der Waals surface area contributed by atoms with E-state index in [1.54, 1.807) is 24.2 Å². The number of hydrogen-bond donors (Lipinski definition) is 1. The molecule has 1 N–H and O–H groups in total. The van der Waals surface area contributed by atoms with Crippen molar-refractivity contribution >= 4 is 17.4 Å². The number of carbonyl (C=O) groups is 1. The zero-order valence-electron chi connectivity index (χ0n) is 12.0. The molecular weight excluding hydrogens is 289 g/mol. The molecule has 0 aliphatic rings. The van der Waals surface area contributed by atoms with Crippen LogP contribution in [-0.4, -0.2) is 29.0 Å². The Morgan fingerprint density at radius 1 is 1.52 bits per heavy atom. The van der Waals surface area contributed by atoms with Gasteiger partial charge in [0, 0.05) is 24.7 Å². The Hall–Kier alpha value is -1.95. The van der Waals surface area contributed by atoms with Crippen molar-refractivity contribution in [3.8, 4) is 0 Å². The SMILES string of the molecule is C[C@H](Cc1cccc(F)c1)NC(=O)N(C)Cc1nccs1. The Bertz CT molecular complexity index is 588. The van der Waals surface area contributed by atoms with E-state index >= 15 is 0 Å². The number of thiazole rings is 1. The van der Waals surface area contributed by atoms with Gasteiger partial charge in [0.15, 0.2) is 0 Å². The Balaban J connectivity index is 1.84. The van der Waals surface area contributed by atoms with Crippen molar-refractivity contribution in [3.63, 3.8) is 0 Å². The number of rotatable bonds is 5. The first-order valence-corrected chi connectivity index (χ1v) is 7.57. The van der Waals surface area contributed by atoms with Gasteiger partial charge in [-0.3, -0.25) is 0 Å². The maximum Gasteiger partial charge on any atom is 0.317 e. The van der Waals surface area contributed by atoms with Gasteiger partial charge in [0.2, 0.25) is 0 Å². The maximum atomic E-state index is 13.1. The lowest BCUT2D eigenvalue weighted by atomic mass is 10.1. The number of hydrogen-bond acceptors (Lipinski definition) is 3. The summed E-state index contributed by atoms with van der Waals surface area (Å²) in [5.74, 6) is -0.257. The third kappa shape index (κ3) is 4.82. The van der Waals surface area contributed by atoms with Gasteiger partial charge in [-0.15, -0.1) is 11.3 Å². The van der Waals surface area contributed by atoms with Crippen LogP contribution in [0.2, 0.25) is 0 Å². The molecule has 0 saturated heterocycles. The summed E-state index contributed by atoms with van der Waals surface area (Å²) < 4.78 is 13.1. The van der Waals surface area contributed by atoms with E-state index in [2.05, 4.69) is 10.3 Å². The van der Waals surface area contributed by atoms with Crippen molar-refractivity contribution in [1.29, 1.82) is 0 Å². The second kappa shape index (κ2) is 7.17. The molecule has 1 aromatic carbocycles. The molecule has 0 spiro atoms. The normalized spacial score (nSPS) is 12.0. The minimum atomic E-state index is -0.257. The largest absolute Gasteiger partial charge is 0.335 e. The topological polar surface area (TPSA) is 45.2 Å². The average molecular weight is 307 g/mol. The quantitative estimate of drug-likeness (QED) is 0.923. The monoisotopic (exact) mass is 307 g/mol. The van der Waals surface area contributed by atoms with Crippen molar-refractivity contribution < 1.29 is 9.18 Å². The molecule has 1 atom stereocenters. The van der Waals surface area contributed by atoms with E-state index in [9.17, 15) is 9.18 Å². The predicted molar refractivity (Wildman–Crippen MR) is 81.7 cm³/mol. The van der Waals surface area contributed by atoms with Gasteiger partial charge in [0.05, 0.1) is 6.54 Å². The number of carbonyl (C=O) groups excluding carboxylic acids is 1. The standard InChI is InChI=1S/C15H18FN3OS/c1-11(8-12-4-3-5-13(16)9-12)18-15(20)19(2)10-14-17-6-7-21-14/h3-7,9,11H,8,10H2,1-2H3,(H,18,20)/t11-/m1/s1. The van der Waals surface area contributed by atoms with Crippen LogP contribution in [0.15, 0.2) is 35.8 Å². The van der Waals surface area contributed by atoms with Gasteiger partial charge in [-0.05, 0) is 31.0 Å². The van der Waals surface area contributed by atoms with Gasteiger partial charge in [-0.1, -0.05) is 12.1 Å². The van der Waals surface area contributed by atoms with Crippen molar-refractivity contribution in [1.82, 2.24) is 15.2 Å². The first kappa shape index (κ1) is 15.4. The minimum Gasteiger partial charge on any atom is -0.335 e. The van der Waals surface area contributed by atoms with E-state index in [-0.39, 0.29) is 17.9 Å². The highest BCUT2D eigenvalue weighted by Crippen LogP contribution is 2.08. The fourth-order valence-corrected chi connectivity index (χ4v) is 2.66. The van der Waals surface area contributed by atoms with Crippen LogP contribution in [0.5, 0.6) is 0 Å². The number of benzene rings is 1. The van der Waals surface area contributed by atoms with Crippen molar-refractivity contribution in [3.05, 3.63) is 52.2 Å². The number of halogens is 1. The Kier molecular flexibility index (Phi) is 5.27. The van der Waals surface area contributed by atoms with Gasteiger partial charge in [0.1, 0.15) is 10.8 Å². The third-order valence-corrected chi connectivity index (χ3v) is 3.77. The van der Waals surface area contributed by atoms with Crippen molar-refractivity contribution in [2.75, 3.05) is 7.05 Å². The van der Waals surface area contributed by atoms with Crippen LogP contribution < -0.4 is 5.32 Å².